The molecule has 8 nitrogen and oxygen atoms in total. The molecule has 0 aromatic heterocycles. The number of allylic oxidation sites excluding steroid dienone is 1. The van der Waals surface area contributed by atoms with Crippen molar-refractivity contribution in [3.05, 3.63) is 88.3 Å². The fourth-order valence-corrected chi connectivity index (χ4v) is 4.86. The van der Waals surface area contributed by atoms with E-state index in [0.717, 1.165) is 36.0 Å². The maximum absolute atomic E-state index is 12.5. The first-order valence-electron chi connectivity index (χ1n) is 13.8. The molecule has 1 atom stereocenters. The number of nitrogens with two attached hydrogens (primary N) is 1. The minimum Gasteiger partial charge on any atom is -0.493 e. The van der Waals surface area contributed by atoms with E-state index >= 15 is 0 Å². The van der Waals surface area contributed by atoms with E-state index in [9.17, 15) is 10.1 Å². The molecule has 0 fully saturated rings. The van der Waals surface area contributed by atoms with Gasteiger partial charge in [0.15, 0.2) is 18.1 Å². The largest absolute Gasteiger partial charge is 0.493 e. The lowest BCUT2D eigenvalue weighted by Crippen LogP contribution is -2.22. The summed E-state index contributed by atoms with van der Waals surface area (Å²) < 4.78 is 28.5. The molecular weight excluding hydrogens is 520 g/mol. The van der Waals surface area contributed by atoms with E-state index in [0.29, 0.717) is 35.2 Å². The van der Waals surface area contributed by atoms with Crippen LogP contribution in [0, 0.1) is 25.2 Å². The molecule has 0 saturated heterocycles. The molecule has 0 spiro atoms. The molecule has 0 aliphatic carbocycles. The normalized spacial score (nSPS) is 14.0. The number of esters is 1. The van der Waals surface area contributed by atoms with Crippen LogP contribution < -0.4 is 29.4 Å². The van der Waals surface area contributed by atoms with Crippen LogP contribution in [-0.2, 0) is 4.79 Å². The Balaban J connectivity index is 1.52. The van der Waals surface area contributed by atoms with E-state index in [1.54, 1.807) is 25.3 Å². The van der Waals surface area contributed by atoms with Crippen LogP contribution in [0.3, 0.4) is 0 Å². The maximum Gasteiger partial charge on any atom is 0.349 e. The van der Waals surface area contributed by atoms with Crippen molar-refractivity contribution in [2.75, 3.05) is 20.3 Å². The van der Waals surface area contributed by atoms with Crippen LogP contribution >= 0.6 is 0 Å². The summed E-state index contributed by atoms with van der Waals surface area (Å²) in [6, 6.07) is 18.5. The zero-order chi connectivity index (χ0) is 29.4. The monoisotopic (exact) mass is 556 g/mol. The molecule has 4 rings (SSSR count). The summed E-state index contributed by atoms with van der Waals surface area (Å²) in [5, 5.41) is 9.94. The Morgan fingerprint density at radius 2 is 1.73 bits per heavy atom. The van der Waals surface area contributed by atoms with Crippen LogP contribution in [0.25, 0.3) is 0 Å². The highest BCUT2D eigenvalue weighted by molar-refractivity contribution is 5.74. The van der Waals surface area contributed by atoms with Crippen molar-refractivity contribution < 1.29 is 28.5 Å². The number of nitrogens with zero attached hydrogens (tertiary/aromatic N) is 1. The standard InChI is InChI=1S/C33H36N2O6/c1-5-6-7-8-13-38-28-12-9-23(17-30(28)37-4)32-26-11-10-24(18-29(26)41-33(35)27(32)19-34)40-31(36)20-39-25-15-21(2)14-22(3)16-25/h9-12,14-18,32H,5-8,13,20,35H2,1-4H3. The number of unbranched alkanes of at least 4 members (excludes halogenated alkanes) is 3. The highest BCUT2D eigenvalue weighted by Crippen LogP contribution is 2.45. The van der Waals surface area contributed by atoms with Gasteiger partial charge in [-0.3, -0.25) is 0 Å². The number of nitriles is 1. The first-order chi connectivity index (χ1) is 19.8. The van der Waals surface area contributed by atoms with Gasteiger partial charge in [0.2, 0.25) is 5.88 Å². The Kier molecular flexibility index (Phi) is 9.75. The van der Waals surface area contributed by atoms with Gasteiger partial charge in [0.1, 0.15) is 28.9 Å². The lowest BCUT2D eigenvalue weighted by molar-refractivity contribution is -0.136. The molecule has 2 N–H and O–H groups in total. The van der Waals surface area contributed by atoms with Crippen LogP contribution in [0.15, 0.2) is 66.1 Å². The summed E-state index contributed by atoms with van der Waals surface area (Å²) in [7, 11) is 1.58. The fraction of sp³-hybridized carbons (Fsp3) is 0.333. The summed E-state index contributed by atoms with van der Waals surface area (Å²) >= 11 is 0. The number of rotatable bonds is 12. The first kappa shape index (κ1) is 29.3. The van der Waals surface area contributed by atoms with Gasteiger partial charge < -0.3 is 29.4 Å². The second-order valence-corrected chi connectivity index (χ2v) is 10.0. The minimum absolute atomic E-state index is 0.0122. The molecule has 1 heterocycles. The molecule has 1 unspecified atom stereocenters. The third-order valence-electron chi connectivity index (χ3n) is 6.75. The quantitative estimate of drug-likeness (QED) is 0.153. The Morgan fingerprint density at radius 3 is 2.44 bits per heavy atom. The smallest absolute Gasteiger partial charge is 0.349 e. The Morgan fingerprint density at radius 1 is 0.951 bits per heavy atom. The van der Waals surface area contributed by atoms with Gasteiger partial charge in [-0.2, -0.15) is 5.26 Å². The molecule has 0 bridgehead atoms. The molecule has 41 heavy (non-hydrogen) atoms. The van der Waals surface area contributed by atoms with Crippen LogP contribution in [0.4, 0.5) is 0 Å². The molecule has 214 valence electrons. The van der Waals surface area contributed by atoms with Crippen LogP contribution in [0.5, 0.6) is 28.7 Å². The summed E-state index contributed by atoms with van der Waals surface area (Å²) in [5.74, 6) is 1.39. The summed E-state index contributed by atoms with van der Waals surface area (Å²) in [6.45, 7) is 6.44. The van der Waals surface area contributed by atoms with Crippen LogP contribution in [0.2, 0.25) is 0 Å². The van der Waals surface area contributed by atoms with Gasteiger partial charge >= 0.3 is 5.97 Å². The summed E-state index contributed by atoms with van der Waals surface area (Å²) in [5.41, 5.74) is 10.0. The predicted molar refractivity (Wildman–Crippen MR) is 155 cm³/mol. The van der Waals surface area contributed by atoms with Gasteiger partial charge in [-0.05, 0) is 67.3 Å². The number of methoxy groups -OCH3 is 1. The third-order valence-corrected chi connectivity index (χ3v) is 6.75. The van der Waals surface area contributed by atoms with Gasteiger partial charge in [0.05, 0.1) is 19.6 Å². The Bertz CT molecular complexity index is 1450. The number of carbonyl (C=O) groups excluding carboxylic acids is 1. The van der Waals surface area contributed by atoms with Crippen molar-refractivity contribution in [2.24, 2.45) is 5.73 Å². The molecule has 3 aromatic rings. The average molecular weight is 557 g/mol. The molecule has 0 amide bonds. The molecule has 8 heteroatoms. The van der Waals surface area contributed by atoms with Crippen molar-refractivity contribution in [3.8, 4) is 34.8 Å². The highest BCUT2D eigenvalue weighted by atomic mass is 16.6. The number of hydrogen-bond donors (Lipinski definition) is 1. The summed E-state index contributed by atoms with van der Waals surface area (Å²) in [4.78, 5) is 12.5. The number of aryl methyl sites for hydroxylation is 2. The molecular formula is C33H36N2O6. The zero-order valence-electron chi connectivity index (χ0n) is 24.0. The second kappa shape index (κ2) is 13.6. The van der Waals surface area contributed by atoms with E-state index in [1.807, 2.05) is 50.2 Å². The van der Waals surface area contributed by atoms with Gasteiger partial charge in [-0.1, -0.05) is 44.4 Å². The van der Waals surface area contributed by atoms with Gasteiger partial charge in [0.25, 0.3) is 0 Å². The van der Waals surface area contributed by atoms with Crippen molar-refractivity contribution >= 4 is 5.97 Å². The van der Waals surface area contributed by atoms with E-state index in [4.69, 9.17) is 29.4 Å². The van der Waals surface area contributed by atoms with Crippen molar-refractivity contribution in [1.82, 2.24) is 0 Å². The Hall–Kier alpha value is -4.64. The van der Waals surface area contributed by atoms with Gasteiger partial charge in [0, 0.05) is 11.6 Å². The van der Waals surface area contributed by atoms with Gasteiger partial charge in [-0.15, -0.1) is 0 Å². The third kappa shape index (κ3) is 7.31. The van der Waals surface area contributed by atoms with Crippen molar-refractivity contribution in [1.29, 1.82) is 5.26 Å². The summed E-state index contributed by atoms with van der Waals surface area (Å²) in [6.07, 6.45) is 4.42. The van der Waals surface area contributed by atoms with Crippen LogP contribution in [0.1, 0.15) is 60.8 Å². The predicted octanol–water partition coefficient (Wildman–Crippen LogP) is 6.47. The average Bonchev–Trinajstić information content (AvgIpc) is 2.94. The van der Waals surface area contributed by atoms with Crippen molar-refractivity contribution in [3.63, 3.8) is 0 Å². The molecule has 0 saturated carbocycles. The lowest BCUT2D eigenvalue weighted by Gasteiger charge is -2.27. The molecule has 0 radical (unpaired) electrons. The van der Waals surface area contributed by atoms with E-state index in [2.05, 4.69) is 13.0 Å². The maximum atomic E-state index is 12.5. The first-order valence-corrected chi connectivity index (χ1v) is 13.8. The zero-order valence-corrected chi connectivity index (χ0v) is 24.0. The minimum atomic E-state index is -0.562. The molecule has 1 aliphatic heterocycles. The Labute approximate surface area is 241 Å². The fourth-order valence-electron chi connectivity index (χ4n) is 4.86. The highest BCUT2D eigenvalue weighted by Gasteiger charge is 2.31. The molecule has 1 aliphatic rings. The number of hydrogen-bond acceptors (Lipinski definition) is 8. The second-order valence-electron chi connectivity index (χ2n) is 10.0. The lowest BCUT2D eigenvalue weighted by atomic mass is 9.83. The van der Waals surface area contributed by atoms with Crippen LogP contribution in [-0.4, -0.2) is 26.3 Å². The van der Waals surface area contributed by atoms with E-state index < -0.39 is 11.9 Å². The number of carbonyl (C=O) groups is 1. The van der Waals surface area contributed by atoms with E-state index in [-0.39, 0.29) is 23.8 Å². The number of benzene rings is 3. The SMILES string of the molecule is CCCCCCOc1ccc(C2C(C#N)=C(N)Oc3cc(OC(=O)COc4cc(C)cc(C)c4)ccc32)cc1OC. The number of fused-ring (bicyclic) bond motifs is 1. The van der Waals surface area contributed by atoms with E-state index in [1.165, 1.54) is 6.42 Å². The molecule has 3 aromatic carbocycles. The van der Waals surface area contributed by atoms with Crippen molar-refractivity contribution in [2.45, 2.75) is 52.4 Å². The van der Waals surface area contributed by atoms with Gasteiger partial charge in [-0.25, -0.2) is 4.79 Å². The number of ether oxygens (including phenoxy) is 5. The topological polar surface area (TPSA) is 113 Å².